The molecule has 19 heavy (non-hydrogen) atoms. The Morgan fingerprint density at radius 1 is 1.37 bits per heavy atom. The lowest BCUT2D eigenvalue weighted by Crippen LogP contribution is -2.66. The normalized spacial score (nSPS) is 26.4. The zero-order valence-electron chi connectivity index (χ0n) is 11.4. The number of hydrogen-bond donors (Lipinski definition) is 2. The number of rotatable bonds is 4. The summed E-state index contributed by atoms with van der Waals surface area (Å²) in [7, 11) is 0. The van der Waals surface area contributed by atoms with E-state index in [2.05, 4.69) is 5.32 Å². The van der Waals surface area contributed by atoms with Crippen LogP contribution in [0.2, 0.25) is 0 Å². The van der Waals surface area contributed by atoms with Crippen LogP contribution < -0.4 is 5.32 Å². The molecule has 2 aliphatic rings. The summed E-state index contributed by atoms with van der Waals surface area (Å²) in [4.78, 5) is 24.5. The van der Waals surface area contributed by atoms with Gasteiger partial charge in [-0.05, 0) is 26.3 Å². The number of carbonyl (C=O) groups excluding carboxylic acids is 1. The Kier molecular flexibility index (Phi) is 4.42. The average molecular weight is 270 g/mol. The topological polar surface area (TPSA) is 78.9 Å². The van der Waals surface area contributed by atoms with Gasteiger partial charge in [0, 0.05) is 0 Å². The first-order chi connectivity index (χ1) is 9.00. The molecular formula is C13H22N2O4. The van der Waals surface area contributed by atoms with Crippen molar-refractivity contribution in [1.29, 1.82) is 0 Å². The summed E-state index contributed by atoms with van der Waals surface area (Å²) in [6.45, 7) is 3.41. The van der Waals surface area contributed by atoms with E-state index in [1.807, 2.05) is 6.92 Å². The van der Waals surface area contributed by atoms with E-state index in [0.717, 1.165) is 25.8 Å². The van der Waals surface area contributed by atoms with E-state index in [4.69, 9.17) is 9.84 Å². The number of amides is 1. The lowest BCUT2D eigenvalue weighted by Gasteiger charge is -2.48. The lowest BCUT2D eigenvalue weighted by molar-refractivity contribution is -0.174. The van der Waals surface area contributed by atoms with Crippen LogP contribution in [0.15, 0.2) is 0 Å². The Hall–Kier alpha value is -1.14. The minimum absolute atomic E-state index is 0.0773. The summed E-state index contributed by atoms with van der Waals surface area (Å²) in [5.41, 5.74) is -0.501. The third kappa shape index (κ3) is 3.67. The van der Waals surface area contributed by atoms with Crippen molar-refractivity contribution in [2.75, 3.05) is 26.2 Å². The SMILES string of the molecule is CC1(OCC(=O)O)CN(C(=O)C2CCCCCN2)C1. The van der Waals surface area contributed by atoms with Gasteiger partial charge in [-0.25, -0.2) is 4.79 Å². The van der Waals surface area contributed by atoms with E-state index >= 15 is 0 Å². The van der Waals surface area contributed by atoms with Gasteiger partial charge in [-0.1, -0.05) is 12.8 Å². The van der Waals surface area contributed by atoms with Gasteiger partial charge < -0.3 is 20.1 Å². The van der Waals surface area contributed by atoms with E-state index in [0.29, 0.717) is 13.1 Å². The second kappa shape index (κ2) is 5.88. The molecule has 0 aromatic heterocycles. The quantitative estimate of drug-likeness (QED) is 0.764. The molecule has 2 saturated heterocycles. The molecule has 0 aromatic rings. The van der Waals surface area contributed by atoms with Crippen LogP contribution in [0.5, 0.6) is 0 Å². The van der Waals surface area contributed by atoms with Crippen molar-refractivity contribution in [3.05, 3.63) is 0 Å². The zero-order valence-corrected chi connectivity index (χ0v) is 11.4. The number of nitrogens with zero attached hydrogens (tertiary/aromatic N) is 1. The van der Waals surface area contributed by atoms with Gasteiger partial charge in [0.2, 0.25) is 5.91 Å². The molecule has 2 rings (SSSR count). The number of hydrogen-bond acceptors (Lipinski definition) is 4. The summed E-state index contributed by atoms with van der Waals surface area (Å²) in [5, 5.41) is 11.9. The summed E-state index contributed by atoms with van der Waals surface area (Å²) in [6.07, 6.45) is 4.28. The third-order valence-electron chi connectivity index (χ3n) is 3.76. The first-order valence-corrected chi connectivity index (χ1v) is 6.88. The van der Waals surface area contributed by atoms with Gasteiger partial charge in [0.05, 0.1) is 19.1 Å². The van der Waals surface area contributed by atoms with Crippen LogP contribution >= 0.6 is 0 Å². The Morgan fingerprint density at radius 3 is 2.79 bits per heavy atom. The maximum absolute atomic E-state index is 12.3. The second-order valence-electron chi connectivity index (χ2n) is 5.68. The number of ether oxygens (including phenoxy) is 1. The van der Waals surface area contributed by atoms with Crippen molar-refractivity contribution in [2.45, 2.75) is 44.2 Å². The second-order valence-corrected chi connectivity index (χ2v) is 5.68. The van der Waals surface area contributed by atoms with E-state index in [1.54, 1.807) is 4.90 Å². The Balaban J connectivity index is 1.78. The van der Waals surface area contributed by atoms with Crippen LogP contribution in [0.3, 0.4) is 0 Å². The molecule has 2 N–H and O–H groups in total. The van der Waals surface area contributed by atoms with Crippen molar-refractivity contribution < 1.29 is 19.4 Å². The summed E-state index contributed by atoms with van der Waals surface area (Å²) >= 11 is 0. The minimum Gasteiger partial charge on any atom is -0.480 e. The zero-order chi connectivity index (χ0) is 13.9. The molecule has 1 unspecified atom stereocenters. The number of carboxylic acids is 1. The molecule has 6 nitrogen and oxygen atoms in total. The largest absolute Gasteiger partial charge is 0.480 e. The van der Waals surface area contributed by atoms with E-state index in [-0.39, 0.29) is 18.6 Å². The van der Waals surface area contributed by atoms with Crippen molar-refractivity contribution in [3.8, 4) is 0 Å². The molecule has 6 heteroatoms. The summed E-state index contributed by atoms with van der Waals surface area (Å²) < 4.78 is 5.31. The highest BCUT2D eigenvalue weighted by Gasteiger charge is 2.44. The first-order valence-electron chi connectivity index (χ1n) is 6.88. The maximum atomic E-state index is 12.3. The van der Waals surface area contributed by atoms with E-state index in [1.165, 1.54) is 6.42 Å². The standard InChI is InChI=1S/C13H22N2O4/c1-13(19-7-11(16)17)8-15(9-13)12(18)10-5-3-2-4-6-14-10/h10,14H,2-9H2,1H3,(H,16,17). The van der Waals surface area contributed by atoms with Crippen molar-refractivity contribution in [2.24, 2.45) is 0 Å². The molecule has 0 spiro atoms. The van der Waals surface area contributed by atoms with Gasteiger partial charge in [0.15, 0.2) is 0 Å². The third-order valence-corrected chi connectivity index (χ3v) is 3.76. The van der Waals surface area contributed by atoms with E-state index in [9.17, 15) is 9.59 Å². The molecule has 1 atom stereocenters. The fourth-order valence-electron chi connectivity index (χ4n) is 2.70. The average Bonchev–Trinajstić information content (AvgIpc) is 2.61. The fourth-order valence-corrected chi connectivity index (χ4v) is 2.70. The van der Waals surface area contributed by atoms with Gasteiger partial charge in [-0.3, -0.25) is 4.79 Å². The molecule has 0 radical (unpaired) electrons. The van der Waals surface area contributed by atoms with Gasteiger partial charge in [0.1, 0.15) is 12.2 Å². The number of likely N-dealkylation sites (tertiary alicyclic amines) is 1. The Bertz CT molecular complexity index is 345. The highest BCUT2D eigenvalue weighted by atomic mass is 16.5. The van der Waals surface area contributed by atoms with Gasteiger partial charge >= 0.3 is 5.97 Å². The predicted octanol–water partition coefficient (Wildman–Crippen LogP) is 0.221. The summed E-state index contributed by atoms with van der Waals surface area (Å²) in [6, 6.07) is -0.0773. The molecule has 2 fully saturated rings. The molecule has 0 saturated carbocycles. The van der Waals surface area contributed by atoms with E-state index < -0.39 is 11.6 Å². The lowest BCUT2D eigenvalue weighted by atomic mass is 9.94. The monoisotopic (exact) mass is 270 g/mol. The van der Waals surface area contributed by atoms with Gasteiger partial charge in [-0.2, -0.15) is 0 Å². The highest BCUT2D eigenvalue weighted by Crippen LogP contribution is 2.26. The molecule has 1 amide bonds. The van der Waals surface area contributed by atoms with Gasteiger partial charge in [-0.15, -0.1) is 0 Å². The van der Waals surface area contributed by atoms with Crippen LogP contribution in [-0.4, -0.2) is 59.8 Å². The molecule has 0 aromatic carbocycles. The molecule has 108 valence electrons. The highest BCUT2D eigenvalue weighted by molar-refractivity contribution is 5.83. The maximum Gasteiger partial charge on any atom is 0.329 e. The smallest absolute Gasteiger partial charge is 0.329 e. The van der Waals surface area contributed by atoms with Crippen LogP contribution in [0.1, 0.15) is 32.6 Å². The number of carbonyl (C=O) groups is 2. The molecule has 0 bridgehead atoms. The molecule has 2 heterocycles. The number of nitrogens with one attached hydrogen (secondary N) is 1. The number of carboxylic acid groups (broad SMARTS) is 1. The Labute approximate surface area is 113 Å². The van der Waals surface area contributed by atoms with Crippen LogP contribution in [0, 0.1) is 0 Å². The van der Waals surface area contributed by atoms with Crippen molar-refractivity contribution >= 4 is 11.9 Å². The fraction of sp³-hybridized carbons (Fsp3) is 0.846. The number of aliphatic carboxylic acids is 1. The Morgan fingerprint density at radius 2 is 2.11 bits per heavy atom. The minimum atomic E-state index is -0.976. The summed E-state index contributed by atoms with van der Waals surface area (Å²) in [5.74, 6) is -0.852. The predicted molar refractivity (Wildman–Crippen MR) is 68.8 cm³/mol. The van der Waals surface area contributed by atoms with Crippen LogP contribution in [0.25, 0.3) is 0 Å². The van der Waals surface area contributed by atoms with Crippen LogP contribution in [0.4, 0.5) is 0 Å². The first kappa shape index (κ1) is 14.3. The van der Waals surface area contributed by atoms with Crippen molar-refractivity contribution in [1.82, 2.24) is 10.2 Å². The molecule has 0 aliphatic carbocycles. The van der Waals surface area contributed by atoms with Crippen molar-refractivity contribution in [3.63, 3.8) is 0 Å². The van der Waals surface area contributed by atoms with Crippen LogP contribution in [-0.2, 0) is 14.3 Å². The molecule has 2 aliphatic heterocycles. The molecular weight excluding hydrogens is 248 g/mol. The van der Waals surface area contributed by atoms with Gasteiger partial charge in [0.25, 0.3) is 0 Å².